The predicted molar refractivity (Wildman–Crippen MR) is 49.8 cm³/mol. The quantitative estimate of drug-likeness (QED) is 0.642. The van der Waals surface area contributed by atoms with Crippen LogP contribution in [0.15, 0.2) is 0 Å². The molecule has 3 heteroatoms. The van der Waals surface area contributed by atoms with Crippen molar-refractivity contribution in [3.8, 4) is 0 Å². The highest BCUT2D eigenvalue weighted by molar-refractivity contribution is 4.85. The second-order valence-electron chi connectivity index (χ2n) is 3.96. The molecule has 0 radical (unpaired) electrons. The Labute approximate surface area is 74.4 Å². The highest BCUT2D eigenvalue weighted by Crippen LogP contribution is 2.20. The van der Waals surface area contributed by atoms with E-state index < -0.39 is 0 Å². The molecule has 3 nitrogen and oxygen atoms in total. The lowest BCUT2D eigenvalue weighted by Crippen LogP contribution is -2.47. The molecule has 1 saturated carbocycles. The molecule has 0 aliphatic heterocycles. The lowest BCUT2D eigenvalue weighted by atomic mass is 9.89. The van der Waals surface area contributed by atoms with Gasteiger partial charge >= 0.3 is 0 Å². The van der Waals surface area contributed by atoms with E-state index >= 15 is 0 Å². The number of ether oxygens (including phenoxy) is 1. The second kappa shape index (κ2) is 4.21. The van der Waals surface area contributed by atoms with Gasteiger partial charge in [0.05, 0.1) is 12.2 Å². The Hall–Kier alpha value is -0.120. The molecule has 3 atom stereocenters. The first-order valence-corrected chi connectivity index (χ1v) is 4.76. The molecule has 0 heterocycles. The summed E-state index contributed by atoms with van der Waals surface area (Å²) in [6, 6.07) is 0.420. The third-order valence-corrected chi connectivity index (χ3v) is 2.32. The molecule has 0 amide bonds. The van der Waals surface area contributed by atoms with Crippen LogP contribution in [0.5, 0.6) is 0 Å². The largest absolute Gasteiger partial charge is 0.374 e. The molecule has 1 aliphatic carbocycles. The van der Waals surface area contributed by atoms with Gasteiger partial charge in [-0.05, 0) is 33.1 Å². The molecule has 1 rings (SSSR count). The van der Waals surface area contributed by atoms with Gasteiger partial charge in [-0.2, -0.15) is 0 Å². The van der Waals surface area contributed by atoms with Crippen molar-refractivity contribution in [2.75, 3.05) is 0 Å². The van der Waals surface area contributed by atoms with E-state index in [1.54, 1.807) is 0 Å². The Morgan fingerprint density at radius 1 is 1.25 bits per heavy atom. The summed E-state index contributed by atoms with van der Waals surface area (Å²) in [5, 5.41) is 0. The van der Waals surface area contributed by atoms with Gasteiger partial charge in [0.15, 0.2) is 0 Å². The van der Waals surface area contributed by atoms with Crippen LogP contribution in [0.1, 0.15) is 33.1 Å². The highest BCUT2D eigenvalue weighted by atomic mass is 16.5. The maximum absolute atomic E-state index is 5.91. The number of nitrogens with two attached hydrogens (primary N) is 2. The average Bonchev–Trinajstić information content (AvgIpc) is 1.94. The molecule has 1 fully saturated rings. The van der Waals surface area contributed by atoms with Crippen molar-refractivity contribution in [3.63, 3.8) is 0 Å². The molecular weight excluding hydrogens is 152 g/mol. The molecule has 12 heavy (non-hydrogen) atoms. The summed E-state index contributed by atoms with van der Waals surface area (Å²) in [4.78, 5) is 0. The minimum absolute atomic E-state index is 0.135. The Bertz CT molecular complexity index is 138. The zero-order valence-corrected chi connectivity index (χ0v) is 7.99. The van der Waals surface area contributed by atoms with Crippen LogP contribution in [0.4, 0.5) is 0 Å². The minimum atomic E-state index is 0.135. The topological polar surface area (TPSA) is 61.3 Å². The first-order valence-electron chi connectivity index (χ1n) is 4.76. The van der Waals surface area contributed by atoms with E-state index in [0.29, 0.717) is 0 Å². The smallest absolute Gasteiger partial charge is 0.0730 e. The van der Waals surface area contributed by atoms with Crippen molar-refractivity contribution in [3.05, 3.63) is 0 Å². The van der Waals surface area contributed by atoms with Gasteiger partial charge in [0.2, 0.25) is 0 Å². The van der Waals surface area contributed by atoms with Crippen LogP contribution >= 0.6 is 0 Å². The Morgan fingerprint density at radius 3 is 2.42 bits per heavy atom. The Morgan fingerprint density at radius 2 is 1.92 bits per heavy atom. The summed E-state index contributed by atoms with van der Waals surface area (Å²) in [6.45, 7) is 4.09. The van der Waals surface area contributed by atoms with Crippen LogP contribution in [0.25, 0.3) is 0 Å². The van der Waals surface area contributed by atoms with Gasteiger partial charge in [-0.3, -0.25) is 0 Å². The van der Waals surface area contributed by atoms with Crippen molar-refractivity contribution < 1.29 is 4.74 Å². The number of hydrogen-bond donors (Lipinski definition) is 2. The maximum atomic E-state index is 5.91. The average molecular weight is 172 g/mol. The molecule has 0 aromatic rings. The molecule has 0 aromatic heterocycles. The van der Waals surface area contributed by atoms with E-state index in [1.807, 2.05) is 13.8 Å². The summed E-state index contributed by atoms with van der Waals surface area (Å²) in [5.41, 5.74) is 11.7. The van der Waals surface area contributed by atoms with Crippen LogP contribution in [0.3, 0.4) is 0 Å². The van der Waals surface area contributed by atoms with Gasteiger partial charge in [0.1, 0.15) is 0 Å². The Balaban J connectivity index is 2.34. The zero-order chi connectivity index (χ0) is 9.14. The van der Waals surface area contributed by atoms with Crippen LogP contribution in [-0.4, -0.2) is 24.3 Å². The van der Waals surface area contributed by atoms with Gasteiger partial charge in [0, 0.05) is 12.1 Å². The normalized spacial score (nSPS) is 37.2. The number of rotatable bonds is 2. The number of hydrogen-bond acceptors (Lipinski definition) is 3. The van der Waals surface area contributed by atoms with Gasteiger partial charge in [0.25, 0.3) is 0 Å². The fourth-order valence-corrected chi connectivity index (χ4v) is 1.73. The lowest BCUT2D eigenvalue weighted by Gasteiger charge is -2.33. The standard InChI is InChI=1S/C9H20N2O/c1-6(2)12-9-4-3-7(10)5-8(9)11/h6-9H,3-5,10-11H2,1-2H3. The Kier molecular flexibility index (Phi) is 3.50. The van der Waals surface area contributed by atoms with Crippen molar-refractivity contribution in [1.82, 2.24) is 0 Å². The molecular formula is C9H20N2O. The molecule has 1 aliphatic rings. The first kappa shape index (κ1) is 9.96. The van der Waals surface area contributed by atoms with Crippen molar-refractivity contribution in [2.45, 2.75) is 57.4 Å². The molecule has 0 bridgehead atoms. The van der Waals surface area contributed by atoms with Crippen LogP contribution in [0, 0.1) is 0 Å². The monoisotopic (exact) mass is 172 g/mol. The highest BCUT2D eigenvalue weighted by Gasteiger charge is 2.27. The van der Waals surface area contributed by atoms with E-state index in [9.17, 15) is 0 Å². The molecule has 3 unspecified atom stereocenters. The van der Waals surface area contributed by atoms with E-state index in [0.717, 1.165) is 19.3 Å². The molecule has 72 valence electrons. The lowest BCUT2D eigenvalue weighted by molar-refractivity contribution is -0.0254. The van der Waals surface area contributed by atoms with Gasteiger partial charge in [-0.15, -0.1) is 0 Å². The van der Waals surface area contributed by atoms with E-state index in [1.165, 1.54) is 0 Å². The predicted octanol–water partition coefficient (Wildman–Crippen LogP) is 0.619. The van der Waals surface area contributed by atoms with E-state index in [2.05, 4.69) is 0 Å². The third-order valence-electron chi connectivity index (χ3n) is 2.32. The summed E-state index contributed by atoms with van der Waals surface area (Å²) in [5.74, 6) is 0. The van der Waals surface area contributed by atoms with Crippen molar-refractivity contribution >= 4 is 0 Å². The fourth-order valence-electron chi connectivity index (χ4n) is 1.73. The van der Waals surface area contributed by atoms with Crippen molar-refractivity contribution in [1.29, 1.82) is 0 Å². The van der Waals surface area contributed by atoms with Gasteiger partial charge in [-0.1, -0.05) is 0 Å². The minimum Gasteiger partial charge on any atom is -0.374 e. The first-order chi connectivity index (χ1) is 5.59. The van der Waals surface area contributed by atoms with Crippen molar-refractivity contribution in [2.24, 2.45) is 11.5 Å². The second-order valence-corrected chi connectivity index (χ2v) is 3.96. The molecule has 0 aromatic carbocycles. The van der Waals surface area contributed by atoms with Crippen LogP contribution in [0.2, 0.25) is 0 Å². The third kappa shape index (κ3) is 2.73. The zero-order valence-electron chi connectivity index (χ0n) is 7.99. The molecule has 0 spiro atoms. The van der Waals surface area contributed by atoms with Gasteiger partial charge in [-0.25, -0.2) is 0 Å². The van der Waals surface area contributed by atoms with Gasteiger partial charge < -0.3 is 16.2 Å². The van der Waals surface area contributed by atoms with Crippen LogP contribution in [-0.2, 0) is 4.74 Å². The summed E-state index contributed by atoms with van der Waals surface area (Å²) < 4.78 is 5.67. The summed E-state index contributed by atoms with van der Waals surface area (Å²) in [6.07, 6.45) is 3.46. The maximum Gasteiger partial charge on any atom is 0.0730 e. The van der Waals surface area contributed by atoms with E-state index in [4.69, 9.17) is 16.2 Å². The summed E-state index contributed by atoms with van der Waals surface area (Å²) in [7, 11) is 0. The molecule has 4 N–H and O–H groups in total. The van der Waals surface area contributed by atoms with Crippen LogP contribution < -0.4 is 11.5 Å². The molecule has 0 saturated heterocycles. The summed E-state index contributed by atoms with van der Waals surface area (Å²) >= 11 is 0. The fraction of sp³-hybridized carbons (Fsp3) is 1.00. The van der Waals surface area contributed by atoms with E-state index in [-0.39, 0.29) is 24.3 Å². The SMILES string of the molecule is CC(C)OC1CCC(N)CC1N.